The molecule has 2 aromatic rings. The van der Waals surface area contributed by atoms with Gasteiger partial charge >= 0.3 is 11.9 Å². The fourth-order valence-corrected chi connectivity index (χ4v) is 3.40. The molecule has 4 heterocycles. The highest BCUT2D eigenvalue weighted by Crippen LogP contribution is 2.29. The largest absolute Gasteiger partial charge is 0.454 e. The molecule has 0 spiro atoms. The van der Waals surface area contributed by atoms with Gasteiger partial charge in [0.05, 0.1) is 0 Å². The lowest BCUT2D eigenvalue weighted by atomic mass is 10.2. The van der Waals surface area contributed by atoms with Crippen molar-refractivity contribution in [1.29, 1.82) is 0 Å². The van der Waals surface area contributed by atoms with Crippen LogP contribution in [0.15, 0.2) is 24.8 Å². The van der Waals surface area contributed by atoms with Crippen molar-refractivity contribution in [3.05, 3.63) is 36.4 Å². The second-order valence-corrected chi connectivity index (χ2v) is 6.35. The smallest absolute Gasteiger partial charge is 0.306 e. The monoisotopic (exact) mass is 344 g/mol. The Morgan fingerprint density at radius 2 is 1.40 bits per heavy atom. The van der Waals surface area contributed by atoms with Crippen molar-refractivity contribution in [3.63, 3.8) is 0 Å². The molecular formula is C17H20N4O4. The van der Waals surface area contributed by atoms with E-state index in [0.717, 1.165) is 37.6 Å². The van der Waals surface area contributed by atoms with Crippen LogP contribution in [0.25, 0.3) is 0 Å². The average molecular weight is 344 g/mol. The fourth-order valence-electron chi connectivity index (χ4n) is 3.40. The van der Waals surface area contributed by atoms with Gasteiger partial charge in [-0.1, -0.05) is 0 Å². The van der Waals surface area contributed by atoms with Gasteiger partial charge in [-0.15, -0.1) is 0 Å². The minimum Gasteiger partial charge on any atom is -0.454 e. The minimum absolute atomic E-state index is 0.200. The van der Waals surface area contributed by atoms with E-state index in [4.69, 9.17) is 9.47 Å². The molecule has 0 fully saturated rings. The summed E-state index contributed by atoms with van der Waals surface area (Å²) in [4.78, 5) is 32.4. The van der Waals surface area contributed by atoms with Gasteiger partial charge in [0.25, 0.3) is 0 Å². The molecule has 0 aliphatic carbocycles. The molecule has 0 N–H and O–H groups in total. The standard InChI is InChI=1S/C17H20N4O4/c22-14(24-12-4-8-20-10-6-18-16(12)20)2-1-3-15(23)25-13-5-9-21-11-7-19-17(13)21/h6-7,10-13H,1-5,8-9H2/t12-,13+. The number of carbonyl (C=O) groups is 2. The van der Waals surface area contributed by atoms with Crippen molar-refractivity contribution in [2.24, 2.45) is 0 Å². The molecule has 0 unspecified atom stereocenters. The molecule has 132 valence electrons. The molecule has 8 heteroatoms. The van der Waals surface area contributed by atoms with Gasteiger partial charge in [-0.3, -0.25) is 9.59 Å². The number of nitrogens with zero attached hydrogens (tertiary/aromatic N) is 4. The number of aryl methyl sites for hydroxylation is 2. The fraction of sp³-hybridized carbons (Fsp3) is 0.529. The first-order chi connectivity index (χ1) is 12.2. The zero-order valence-electron chi connectivity index (χ0n) is 13.8. The van der Waals surface area contributed by atoms with Crippen LogP contribution in [0, 0.1) is 0 Å². The Balaban J connectivity index is 1.18. The molecule has 0 radical (unpaired) electrons. The molecule has 25 heavy (non-hydrogen) atoms. The van der Waals surface area contributed by atoms with E-state index < -0.39 is 0 Å². The van der Waals surface area contributed by atoms with Crippen LogP contribution < -0.4 is 0 Å². The number of esters is 2. The van der Waals surface area contributed by atoms with E-state index in [0.29, 0.717) is 6.42 Å². The Labute approximate surface area is 144 Å². The Hall–Kier alpha value is -2.64. The van der Waals surface area contributed by atoms with E-state index in [1.807, 2.05) is 21.5 Å². The summed E-state index contributed by atoms with van der Waals surface area (Å²) >= 11 is 0. The number of hydrogen-bond donors (Lipinski definition) is 0. The second-order valence-electron chi connectivity index (χ2n) is 6.35. The molecule has 0 bridgehead atoms. The van der Waals surface area contributed by atoms with Crippen molar-refractivity contribution in [2.75, 3.05) is 0 Å². The van der Waals surface area contributed by atoms with Crippen LogP contribution in [0.3, 0.4) is 0 Å². The van der Waals surface area contributed by atoms with Crippen LogP contribution in [-0.4, -0.2) is 31.0 Å². The maximum atomic E-state index is 12.0. The van der Waals surface area contributed by atoms with E-state index in [9.17, 15) is 9.59 Å². The summed E-state index contributed by atoms with van der Waals surface area (Å²) in [7, 11) is 0. The SMILES string of the molecule is O=C(CCCC(=O)O[C@@H]1CCn2ccnc21)O[C@H]1CCn2ccnc21. The molecule has 0 saturated heterocycles. The summed E-state index contributed by atoms with van der Waals surface area (Å²) in [6.07, 6.45) is 8.97. The molecule has 0 saturated carbocycles. The van der Waals surface area contributed by atoms with Crippen molar-refractivity contribution in [1.82, 2.24) is 19.1 Å². The zero-order chi connectivity index (χ0) is 17.2. The molecule has 2 atom stereocenters. The predicted octanol–water partition coefficient (Wildman–Crippen LogP) is 1.93. The van der Waals surface area contributed by atoms with Crippen LogP contribution in [0.1, 0.15) is 56.0 Å². The lowest BCUT2D eigenvalue weighted by Gasteiger charge is -2.12. The highest BCUT2D eigenvalue weighted by Gasteiger charge is 2.28. The van der Waals surface area contributed by atoms with Crippen molar-refractivity contribution < 1.29 is 19.1 Å². The lowest BCUT2D eigenvalue weighted by Crippen LogP contribution is -2.12. The Kier molecular flexibility index (Phi) is 4.25. The molecule has 2 aliphatic rings. The van der Waals surface area contributed by atoms with Gasteiger partial charge in [-0.05, 0) is 6.42 Å². The van der Waals surface area contributed by atoms with Crippen LogP contribution in [0.2, 0.25) is 0 Å². The third-order valence-electron chi connectivity index (χ3n) is 4.64. The van der Waals surface area contributed by atoms with Crippen molar-refractivity contribution >= 4 is 11.9 Å². The van der Waals surface area contributed by atoms with E-state index >= 15 is 0 Å². The van der Waals surface area contributed by atoms with Crippen LogP contribution in [0.5, 0.6) is 0 Å². The number of hydrogen-bond acceptors (Lipinski definition) is 6. The third-order valence-corrected chi connectivity index (χ3v) is 4.64. The number of rotatable bonds is 6. The van der Waals surface area contributed by atoms with Gasteiger partial charge in [0, 0.05) is 63.6 Å². The van der Waals surface area contributed by atoms with Gasteiger partial charge in [0.15, 0.2) is 12.2 Å². The van der Waals surface area contributed by atoms with Gasteiger partial charge in [0.2, 0.25) is 0 Å². The Morgan fingerprint density at radius 1 is 0.920 bits per heavy atom. The number of imidazole rings is 2. The summed E-state index contributed by atoms with van der Waals surface area (Å²) < 4.78 is 14.9. The van der Waals surface area contributed by atoms with E-state index in [-0.39, 0.29) is 37.0 Å². The molecular weight excluding hydrogens is 324 g/mol. The lowest BCUT2D eigenvalue weighted by molar-refractivity contribution is -0.151. The first-order valence-electron chi connectivity index (χ1n) is 8.62. The summed E-state index contributed by atoms with van der Waals surface area (Å²) in [5, 5.41) is 0. The van der Waals surface area contributed by atoms with Gasteiger partial charge in [-0.25, -0.2) is 9.97 Å². The van der Waals surface area contributed by atoms with Crippen molar-refractivity contribution in [2.45, 2.75) is 57.4 Å². The number of fused-ring (bicyclic) bond motifs is 2. The number of ether oxygens (including phenoxy) is 2. The van der Waals surface area contributed by atoms with Crippen molar-refractivity contribution in [3.8, 4) is 0 Å². The highest BCUT2D eigenvalue weighted by molar-refractivity contribution is 5.72. The Bertz CT molecular complexity index is 717. The second kappa shape index (κ2) is 6.70. The summed E-state index contributed by atoms with van der Waals surface area (Å²) in [5.74, 6) is 0.991. The maximum Gasteiger partial charge on any atom is 0.306 e. The highest BCUT2D eigenvalue weighted by atomic mass is 16.5. The number of carbonyl (C=O) groups excluding carboxylic acids is 2. The van der Waals surface area contributed by atoms with Gasteiger partial charge in [-0.2, -0.15) is 0 Å². The number of aromatic nitrogens is 4. The third kappa shape index (κ3) is 3.29. The first kappa shape index (κ1) is 15.9. The van der Waals surface area contributed by atoms with Gasteiger partial charge in [0.1, 0.15) is 11.6 Å². The van der Waals surface area contributed by atoms with E-state index in [1.54, 1.807) is 12.4 Å². The summed E-state index contributed by atoms with van der Waals surface area (Å²) in [6.45, 7) is 1.63. The molecule has 4 rings (SSSR count). The zero-order valence-corrected chi connectivity index (χ0v) is 13.8. The summed E-state index contributed by atoms with van der Waals surface area (Å²) in [5.41, 5.74) is 0. The molecule has 2 aliphatic heterocycles. The van der Waals surface area contributed by atoms with Crippen LogP contribution >= 0.6 is 0 Å². The van der Waals surface area contributed by atoms with Gasteiger partial charge < -0.3 is 18.6 Å². The quantitative estimate of drug-likeness (QED) is 0.744. The van der Waals surface area contributed by atoms with Crippen LogP contribution in [-0.2, 0) is 32.2 Å². The molecule has 2 aromatic heterocycles. The first-order valence-corrected chi connectivity index (χ1v) is 8.62. The van der Waals surface area contributed by atoms with E-state index in [1.165, 1.54) is 0 Å². The molecule has 0 amide bonds. The topological polar surface area (TPSA) is 88.2 Å². The Morgan fingerprint density at radius 3 is 1.88 bits per heavy atom. The van der Waals surface area contributed by atoms with E-state index in [2.05, 4.69) is 9.97 Å². The minimum atomic E-state index is -0.300. The maximum absolute atomic E-state index is 12.0. The summed E-state index contributed by atoms with van der Waals surface area (Å²) in [6, 6.07) is 0. The predicted molar refractivity (Wildman–Crippen MR) is 85.2 cm³/mol. The normalized spacial score (nSPS) is 21.0. The van der Waals surface area contributed by atoms with Crippen LogP contribution in [0.4, 0.5) is 0 Å². The molecule has 8 nitrogen and oxygen atoms in total. The molecule has 0 aromatic carbocycles. The average Bonchev–Trinajstić information content (AvgIpc) is 3.32.